The minimum atomic E-state index is 0. The van der Waals surface area contributed by atoms with Crippen molar-refractivity contribution >= 4 is 12.4 Å². The largest absolute Gasteiger partial charge is 0.315 e. The first-order chi connectivity index (χ1) is 6.36. The number of hydrogen-bond acceptors (Lipinski definition) is 3. The molecule has 3 nitrogen and oxygen atoms in total. The molecule has 2 atom stereocenters. The molecule has 0 aromatic carbocycles. The Labute approximate surface area is 93.0 Å². The molecule has 4 heteroatoms. The van der Waals surface area contributed by atoms with Gasteiger partial charge in [-0.1, -0.05) is 0 Å². The van der Waals surface area contributed by atoms with Gasteiger partial charge in [0.1, 0.15) is 0 Å². The molecule has 2 aliphatic heterocycles. The molecule has 0 spiro atoms. The highest BCUT2D eigenvalue weighted by atomic mass is 35.5. The van der Waals surface area contributed by atoms with Crippen LogP contribution in [0.3, 0.4) is 0 Å². The van der Waals surface area contributed by atoms with Crippen LogP contribution >= 0.6 is 12.4 Å². The maximum Gasteiger partial charge on any atom is 0.0230 e. The van der Waals surface area contributed by atoms with Crippen LogP contribution in [-0.2, 0) is 0 Å². The van der Waals surface area contributed by atoms with E-state index in [4.69, 9.17) is 0 Å². The fraction of sp³-hybridized carbons (Fsp3) is 1.00. The lowest BCUT2D eigenvalue weighted by atomic mass is 10.2. The molecule has 0 aromatic rings. The van der Waals surface area contributed by atoms with E-state index in [1.807, 2.05) is 0 Å². The molecular weight excluding hydrogens is 198 g/mol. The Morgan fingerprint density at radius 1 is 1.29 bits per heavy atom. The van der Waals surface area contributed by atoms with Crippen molar-refractivity contribution in [2.45, 2.75) is 31.3 Å². The zero-order valence-electron chi connectivity index (χ0n) is 8.96. The van der Waals surface area contributed by atoms with Crippen molar-refractivity contribution in [3.63, 3.8) is 0 Å². The van der Waals surface area contributed by atoms with Gasteiger partial charge in [-0.2, -0.15) is 0 Å². The molecule has 2 N–H and O–H groups in total. The van der Waals surface area contributed by atoms with Crippen molar-refractivity contribution < 1.29 is 0 Å². The Bertz CT molecular complexity index is 153. The second kappa shape index (κ2) is 5.91. The van der Waals surface area contributed by atoms with E-state index in [0.29, 0.717) is 0 Å². The molecule has 0 aromatic heterocycles. The lowest BCUT2D eigenvalue weighted by Gasteiger charge is -2.26. The third kappa shape index (κ3) is 3.09. The van der Waals surface area contributed by atoms with Crippen LogP contribution in [0, 0.1) is 0 Å². The lowest BCUT2D eigenvalue weighted by molar-refractivity contribution is 0.235. The molecule has 2 fully saturated rings. The summed E-state index contributed by atoms with van der Waals surface area (Å²) >= 11 is 0. The molecule has 1 unspecified atom stereocenters. The molecule has 2 heterocycles. The lowest BCUT2D eigenvalue weighted by Crippen LogP contribution is -2.41. The van der Waals surface area contributed by atoms with Crippen molar-refractivity contribution in [3.8, 4) is 0 Å². The fourth-order valence-electron chi connectivity index (χ4n) is 2.42. The first-order valence-electron chi connectivity index (χ1n) is 5.50. The van der Waals surface area contributed by atoms with Gasteiger partial charge in [0, 0.05) is 25.2 Å². The first-order valence-corrected chi connectivity index (χ1v) is 5.50. The van der Waals surface area contributed by atoms with E-state index in [1.165, 1.54) is 45.4 Å². The Balaban J connectivity index is 0.000000980. The molecule has 2 aliphatic rings. The van der Waals surface area contributed by atoms with E-state index in [0.717, 1.165) is 12.1 Å². The minimum absolute atomic E-state index is 0. The summed E-state index contributed by atoms with van der Waals surface area (Å²) in [5.74, 6) is 0. The minimum Gasteiger partial charge on any atom is -0.315 e. The summed E-state index contributed by atoms with van der Waals surface area (Å²) in [6, 6.07) is 1.54. The van der Waals surface area contributed by atoms with Crippen LogP contribution in [0.25, 0.3) is 0 Å². The predicted octanol–water partition coefficient (Wildman–Crippen LogP) is 0.454. The number of likely N-dealkylation sites (N-methyl/N-ethyl adjacent to an activating group) is 1. The normalized spacial score (nSPS) is 32.1. The van der Waals surface area contributed by atoms with Crippen LogP contribution < -0.4 is 10.6 Å². The monoisotopic (exact) mass is 219 g/mol. The van der Waals surface area contributed by atoms with Gasteiger partial charge in [0.15, 0.2) is 0 Å². The topological polar surface area (TPSA) is 27.3 Å². The summed E-state index contributed by atoms with van der Waals surface area (Å²) in [6.45, 7) is 4.84. The number of halogens is 1. The molecule has 0 amide bonds. The SMILES string of the molecule is CN(C[C@@H]1CCCN1)C1CCNC1.Cl. The average Bonchev–Trinajstić information content (AvgIpc) is 2.74. The van der Waals surface area contributed by atoms with Gasteiger partial charge in [0.2, 0.25) is 0 Å². The van der Waals surface area contributed by atoms with E-state index in [-0.39, 0.29) is 12.4 Å². The van der Waals surface area contributed by atoms with E-state index in [2.05, 4.69) is 22.6 Å². The fourth-order valence-corrected chi connectivity index (χ4v) is 2.42. The highest BCUT2D eigenvalue weighted by molar-refractivity contribution is 5.85. The van der Waals surface area contributed by atoms with Crippen molar-refractivity contribution in [2.24, 2.45) is 0 Å². The Morgan fingerprint density at radius 3 is 2.71 bits per heavy atom. The van der Waals surface area contributed by atoms with Gasteiger partial charge < -0.3 is 15.5 Å². The van der Waals surface area contributed by atoms with Crippen LogP contribution in [0.15, 0.2) is 0 Å². The smallest absolute Gasteiger partial charge is 0.0230 e. The van der Waals surface area contributed by atoms with Gasteiger partial charge in [-0.15, -0.1) is 12.4 Å². The number of nitrogens with zero attached hydrogens (tertiary/aromatic N) is 1. The molecule has 0 saturated carbocycles. The standard InChI is InChI=1S/C10H21N3.ClH/c1-13(10-4-6-11-7-10)8-9-3-2-5-12-9;/h9-12H,2-8H2,1H3;1H/t9-,10?;/m0./s1. The Kier molecular flexibility index (Phi) is 5.17. The van der Waals surface area contributed by atoms with Crippen molar-refractivity contribution in [1.29, 1.82) is 0 Å². The third-order valence-corrected chi connectivity index (χ3v) is 3.33. The van der Waals surface area contributed by atoms with Crippen LogP contribution in [0.5, 0.6) is 0 Å². The number of nitrogens with one attached hydrogen (secondary N) is 2. The molecule has 0 radical (unpaired) electrons. The van der Waals surface area contributed by atoms with Crippen LogP contribution in [0.1, 0.15) is 19.3 Å². The van der Waals surface area contributed by atoms with Crippen LogP contribution in [0.4, 0.5) is 0 Å². The predicted molar refractivity (Wildman–Crippen MR) is 62.2 cm³/mol. The summed E-state index contributed by atoms with van der Waals surface area (Å²) in [5, 5.41) is 6.96. The van der Waals surface area contributed by atoms with E-state index in [9.17, 15) is 0 Å². The maximum absolute atomic E-state index is 3.55. The van der Waals surface area contributed by atoms with Crippen LogP contribution in [-0.4, -0.2) is 50.2 Å². The quantitative estimate of drug-likeness (QED) is 0.722. The molecule has 2 saturated heterocycles. The molecular formula is C10H22ClN3. The molecule has 0 aliphatic carbocycles. The van der Waals surface area contributed by atoms with E-state index >= 15 is 0 Å². The van der Waals surface area contributed by atoms with Gasteiger partial charge in [0.05, 0.1) is 0 Å². The maximum atomic E-state index is 3.55. The van der Waals surface area contributed by atoms with Gasteiger partial charge in [-0.3, -0.25) is 0 Å². The second-order valence-electron chi connectivity index (χ2n) is 4.38. The van der Waals surface area contributed by atoms with E-state index < -0.39 is 0 Å². The average molecular weight is 220 g/mol. The van der Waals surface area contributed by atoms with Crippen molar-refractivity contribution in [1.82, 2.24) is 15.5 Å². The van der Waals surface area contributed by atoms with Gasteiger partial charge in [-0.05, 0) is 39.4 Å². The summed E-state index contributed by atoms with van der Waals surface area (Å²) in [7, 11) is 2.26. The van der Waals surface area contributed by atoms with Gasteiger partial charge in [-0.25, -0.2) is 0 Å². The molecule has 2 rings (SSSR count). The second-order valence-corrected chi connectivity index (χ2v) is 4.38. The zero-order chi connectivity index (χ0) is 9.10. The van der Waals surface area contributed by atoms with Crippen molar-refractivity contribution in [3.05, 3.63) is 0 Å². The Morgan fingerprint density at radius 2 is 2.14 bits per heavy atom. The van der Waals surface area contributed by atoms with Gasteiger partial charge in [0.25, 0.3) is 0 Å². The first kappa shape index (κ1) is 12.2. The van der Waals surface area contributed by atoms with E-state index in [1.54, 1.807) is 0 Å². The number of rotatable bonds is 3. The third-order valence-electron chi connectivity index (χ3n) is 3.33. The van der Waals surface area contributed by atoms with Crippen LogP contribution in [0.2, 0.25) is 0 Å². The summed E-state index contributed by atoms with van der Waals surface area (Å²) in [6.07, 6.45) is 4.05. The number of hydrogen-bond donors (Lipinski definition) is 2. The summed E-state index contributed by atoms with van der Waals surface area (Å²) in [5.41, 5.74) is 0. The molecule has 0 bridgehead atoms. The summed E-state index contributed by atoms with van der Waals surface area (Å²) in [4.78, 5) is 2.52. The van der Waals surface area contributed by atoms with Gasteiger partial charge >= 0.3 is 0 Å². The zero-order valence-corrected chi connectivity index (χ0v) is 9.78. The highest BCUT2D eigenvalue weighted by Crippen LogP contribution is 2.11. The van der Waals surface area contributed by atoms with Crippen molar-refractivity contribution in [2.75, 3.05) is 33.2 Å². The highest BCUT2D eigenvalue weighted by Gasteiger charge is 2.22. The molecule has 14 heavy (non-hydrogen) atoms. The molecule has 84 valence electrons. The summed E-state index contributed by atoms with van der Waals surface area (Å²) < 4.78 is 0. The Hall–Kier alpha value is 0.170.